The van der Waals surface area contributed by atoms with Gasteiger partial charge in [0.2, 0.25) is 6.17 Å². The molecule has 21 heavy (non-hydrogen) atoms. The summed E-state index contributed by atoms with van der Waals surface area (Å²) in [5.74, 6) is 0.325. The highest BCUT2D eigenvalue weighted by Crippen LogP contribution is 2.34. The van der Waals surface area contributed by atoms with Crippen LogP contribution < -0.4 is 9.80 Å². The third-order valence-electron chi connectivity index (χ3n) is 5.72. The molecule has 4 fully saturated rings. The Balaban J connectivity index is 1.84. The fourth-order valence-electron chi connectivity index (χ4n) is 5.05. The standard InChI is InChI=1S/C14H24N2O5/c1-13-4-15-6-14(2,12(13)21)7-16(5-13)11(15)10(20)9(19)8(18)3-17/h8-11,17-20H,3-7H2,1-2H3/p+2/t8-,9+,10-,11?,13?,14?/m1/s1. The third kappa shape index (κ3) is 2.07. The Morgan fingerprint density at radius 2 is 1.52 bits per heavy atom. The maximum absolute atomic E-state index is 12.6. The predicted molar refractivity (Wildman–Crippen MR) is 71.5 cm³/mol. The zero-order chi connectivity index (χ0) is 15.6. The zero-order valence-electron chi connectivity index (χ0n) is 12.5. The fourth-order valence-corrected chi connectivity index (χ4v) is 5.05. The summed E-state index contributed by atoms with van der Waals surface area (Å²) in [7, 11) is 0. The van der Waals surface area contributed by atoms with Crippen LogP contribution in [-0.4, -0.2) is 83.5 Å². The molecule has 0 aromatic rings. The van der Waals surface area contributed by atoms with Crippen molar-refractivity contribution in [1.29, 1.82) is 0 Å². The van der Waals surface area contributed by atoms with Gasteiger partial charge < -0.3 is 20.4 Å². The topological polar surface area (TPSA) is 107 Å². The highest BCUT2D eigenvalue weighted by Gasteiger charge is 2.69. The number of Topliss-reactive ketones (excluding diaryl/α,β-unsaturated/α-hetero) is 1. The first kappa shape index (κ1) is 15.3. The number of piperidine rings is 2. The van der Waals surface area contributed by atoms with Crippen molar-refractivity contribution in [3.8, 4) is 0 Å². The number of ketones is 1. The number of carbonyl (C=O) groups excluding carboxylic acids is 1. The van der Waals surface area contributed by atoms with E-state index >= 15 is 0 Å². The normalized spacial score (nSPS) is 49.2. The molecule has 0 saturated carbocycles. The number of hydrogen-bond donors (Lipinski definition) is 6. The minimum Gasteiger partial charge on any atom is -0.394 e. The van der Waals surface area contributed by atoms with Crippen molar-refractivity contribution < 1.29 is 35.0 Å². The second-order valence-corrected chi connectivity index (χ2v) is 7.68. The van der Waals surface area contributed by atoms with Crippen LogP contribution in [0.5, 0.6) is 0 Å². The second kappa shape index (κ2) is 4.71. The lowest BCUT2D eigenvalue weighted by Gasteiger charge is -2.59. The molecule has 120 valence electrons. The molecule has 4 bridgehead atoms. The molecule has 4 saturated heterocycles. The summed E-state index contributed by atoms with van der Waals surface area (Å²) < 4.78 is 0. The summed E-state index contributed by atoms with van der Waals surface area (Å²) in [5.41, 5.74) is -0.709. The highest BCUT2D eigenvalue weighted by atomic mass is 16.4. The van der Waals surface area contributed by atoms with Gasteiger partial charge in [-0.25, -0.2) is 0 Å². The molecule has 4 aliphatic heterocycles. The van der Waals surface area contributed by atoms with Crippen molar-refractivity contribution >= 4 is 5.78 Å². The van der Waals surface area contributed by atoms with Crippen LogP contribution in [0.4, 0.5) is 0 Å². The SMILES string of the molecule is CC12C[NH+]3CC(C)(C[NH+](C1)C3[C@H](O)[C@@H](O)[C@H](O)CO)C2=O. The number of quaternary nitrogens is 2. The quantitative estimate of drug-likeness (QED) is 0.311. The van der Waals surface area contributed by atoms with Gasteiger partial charge in [0.15, 0.2) is 11.9 Å². The van der Waals surface area contributed by atoms with Gasteiger partial charge in [0.05, 0.1) is 32.8 Å². The zero-order valence-corrected chi connectivity index (χ0v) is 12.5. The fraction of sp³-hybridized carbons (Fsp3) is 0.929. The molecular weight excluding hydrogens is 276 g/mol. The van der Waals surface area contributed by atoms with Gasteiger partial charge in [-0.05, 0) is 13.8 Å². The Kier molecular flexibility index (Phi) is 3.44. The molecule has 7 heteroatoms. The van der Waals surface area contributed by atoms with E-state index in [4.69, 9.17) is 5.11 Å². The lowest BCUT2D eigenvalue weighted by molar-refractivity contribution is -1.17. The smallest absolute Gasteiger partial charge is 0.242 e. The molecule has 3 atom stereocenters. The van der Waals surface area contributed by atoms with Gasteiger partial charge in [0.25, 0.3) is 0 Å². The van der Waals surface area contributed by atoms with E-state index in [9.17, 15) is 20.1 Å². The van der Waals surface area contributed by atoms with Crippen LogP contribution in [0, 0.1) is 10.8 Å². The third-order valence-corrected chi connectivity index (χ3v) is 5.72. The summed E-state index contributed by atoms with van der Waals surface area (Å²) >= 11 is 0. The summed E-state index contributed by atoms with van der Waals surface area (Å²) in [6.45, 7) is 6.05. The lowest BCUT2D eigenvalue weighted by atomic mass is 9.61. The second-order valence-electron chi connectivity index (χ2n) is 7.68. The first-order valence-electron chi connectivity index (χ1n) is 7.61. The van der Waals surface area contributed by atoms with Crippen LogP contribution in [0.1, 0.15) is 13.8 Å². The van der Waals surface area contributed by atoms with Gasteiger partial charge in [-0.15, -0.1) is 0 Å². The van der Waals surface area contributed by atoms with Gasteiger partial charge in [-0.2, -0.15) is 0 Å². The van der Waals surface area contributed by atoms with Gasteiger partial charge in [-0.3, -0.25) is 14.6 Å². The summed E-state index contributed by atoms with van der Waals surface area (Å²) in [4.78, 5) is 14.8. The molecule has 4 aliphatic rings. The predicted octanol–water partition coefficient (Wildman–Crippen LogP) is -5.22. The van der Waals surface area contributed by atoms with Crippen LogP contribution in [0.3, 0.4) is 0 Å². The van der Waals surface area contributed by atoms with Crippen LogP contribution in [-0.2, 0) is 4.79 Å². The van der Waals surface area contributed by atoms with Gasteiger partial charge in [0, 0.05) is 0 Å². The van der Waals surface area contributed by atoms with E-state index in [1.54, 1.807) is 0 Å². The van der Waals surface area contributed by atoms with Gasteiger partial charge >= 0.3 is 0 Å². The van der Waals surface area contributed by atoms with E-state index in [2.05, 4.69) is 0 Å². The Morgan fingerprint density at radius 3 is 1.90 bits per heavy atom. The number of nitrogens with one attached hydrogen (secondary N) is 2. The van der Waals surface area contributed by atoms with Crippen molar-refractivity contribution in [2.24, 2.45) is 10.8 Å². The minimum atomic E-state index is -1.37. The molecule has 4 heterocycles. The molecule has 0 aromatic carbocycles. The Labute approximate surface area is 123 Å². The Hall–Kier alpha value is -0.570. The highest BCUT2D eigenvalue weighted by molar-refractivity contribution is 5.91. The van der Waals surface area contributed by atoms with E-state index < -0.39 is 24.9 Å². The molecule has 0 amide bonds. The molecule has 0 spiro atoms. The van der Waals surface area contributed by atoms with Gasteiger partial charge in [0.1, 0.15) is 23.0 Å². The van der Waals surface area contributed by atoms with Crippen molar-refractivity contribution in [3.63, 3.8) is 0 Å². The molecule has 0 radical (unpaired) electrons. The van der Waals surface area contributed by atoms with E-state index in [0.29, 0.717) is 32.0 Å². The van der Waals surface area contributed by atoms with Crippen molar-refractivity contribution in [2.45, 2.75) is 38.3 Å². The average molecular weight is 302 g/mol. The number of carbonyl (C=O) groups is 1. The molecule has 0 aromatic heterocycles. The number of rotatable bonds is 4. The van der Waals surface area contributed by atoms with E-state index in [1.165, 1.54) is 0 Å². The van der Waals surface area contributed by atoms with E-state index in [-0.39, 0.29) is 17.0 Å². The average Bonchev–Trinajstić information content (AvgIpc) is 2.41. The molecule has 7 nitrogen and oxygen atoms in total. The summed E-state index contributed by atoms with van der Waals surface area (Å²) in [6.07, 6.45) is -4.07. The summed E-state index contributed by atoms with van der Waals surface area (Å²) in [5, 5.41) is 38.9. The molecule has 0 aliphatic carbocycles. The first-order chi connectivity index (χ1) is 9.72. The number of hydrogen-bond acceptors (Lipinski definition) is 5. The van der Waals surface area contributed by atoms with E-state index in [1.807, 2.05) is 13.8 Å². The molecule has 6 N–H and O–H groups in total. The maximum Gasteiger partial charge on any atom is 0.242 e. The monoisotopic (exact) mass is 302 g/mol. The Morgan fingerprint density at radius 1 is 1.10 bits per heavy atom. The molecule has 4 rings (SSSR count). The van der Waals surface area contributed by atoms with Crippen LogP contribution in [0.15, 0.2) is 0 Å². The number of aliphatic hydroxyl groups excluding tert-OH is 4. The minimum absolute atomic E-state index is 0.254. The van der Waals surface area contributed by atoms with E-state index in [0.717, 1.165) is 9.80 Å². The molecule has 0 unspecified atom stereocenters. The number of aliphatic hydroxyl groups is 4. The van der Waals surface area contributed by atoms with Crippen molar-refractivity contribution in [1.82, 2.24) is 0 Å². The van der Waals surface area contributed by atoms with Crippen molar-refractivity contribution in [3.05, 3.63) is 0 Å². The van der Waals surface area contributed by atoms with Gasteiger partial charge in [-0.1, -0.05) is 0 Å². The van der Waals surface area contributed by atoms with Crippen molar-refractivity contribution in [2.75, 3.05) is 32.8 Å². The lowest BCUT2D eigenvalue weighted by Crippen LogP contribution is -3.46. The van der Waals surface area contributed by atoms with Crippen LogP contribution >= 0.6 is 0 Å². The van der Waals surface area contributed by atoms with Crippen LogP contribution in [0.25, 0.3) is 0 Å². The largest absolute Gasteiger partial charge is 0.394 e. The Bertz CT molecular complexity index is 417. The molecular formula is C14H26N2O5+2. The summed E-state index contributed by atoms with van der Waals surface area (Å²) in [6, 6.07) is 0. The first-order valence-corrected chi connectivity index (χ1v) is 7.61. The van der Waals surface area contributed by atoms with Crippen LogP contribution in [0.2, 0.25) is 0 Å². The maximum atomic E-state index is 12.6.